The van der Waals surface area contributed by atoms with Gasteiger partial charge >= 0.3 is 0 Å². The highest BCUT2D eigenvalue weighted by Crippen LogP contribution is 2.19. The first-order valence-corrected chi connectivity index (χ1v) is 4.12. The summed E-state index contributed by atoms with van der Waals surface area (Å²) in [5, 5.41) is 8.79. The molecular weight excluding hydrogens is 160 g/mol. The predicted octanol–water partition coefficient (Wildman–Crippen LogP) is 2.48. The van der Waals surface area contributed by atoms with Gasteiger partial charge < -0.3 is 5.73 Å². The van der Waals surface area contributed by atoms with Crippen LogP contribution in [-0.4, -0.2) is 0 Å². The van der Waals surface area contributed by atoms with Crippen LogP contribution < -0.4 is 5.73 Å². The minimum Gasteiger partial charge on any atom is -0.398 e. The Morgan fingerprint density at radius 1 is 1.46 bits per heavy atom. The minimum absolute atomic E-state index is 0.683. The summed E-state index contributed by atoms with van der Waals surface area (Å²) >= 11 is 0. The van der Waals surface area contributed by atoms with Gasteiger partial charge in [-0.05, 0) is 37.1 Å². The predicted molar refractivity (Wildman–Crippen MR) is 55.0 cm³/mol. The lowest BCUT2D eigenvalue weighted by molar-refractivity contribution is 1.39. The standard InChI is InChI=1S/C11H12N2/c1-3-4-9-6-10(7-12)8(2)5-11(9)13/h3-6H,13H2,1-2H3/b4-3+. The van der Waals surface area contributed by atoms with Gasteiger partial charge in [0.2, 0.25) is 0 Å². The molecule has 2 nitrogen and oxygen atoms in total. The SMILES string of the molecule is C/C=C/c1cc(C#N)c(C)cc1N. The maximum absolute atomic E-state index is 8.79. The lowest BCUT2D eigenvalue weighted by Crippen LogP contribution is -1.93. The van der Waals surface area contributed by atoms with Gasteiger partial charge in [0.05, 0.1) is 11.6 Å². The molecule has 1 aromatic rings. The van der Waals surface area contributed by atoms with Gasteiger partial charge in [-0.1, -0.05) is 12.2 Å². The zero-order chi connectivity index (χ0) is 9.84. The Balaban J connectivity index is 3.32. The molecule has 0 saturated carbocycles. The fourth-order valence-electron chi connectivity index (χ4n) is 1.19. The lowest BCUT2D eigenvalue weighted by Gasteiger charge is -2.03. The van der Waals surface area contributed by atoms with E-state index in [-0.39, 0.29) is 0 Å². The molecule has 66 valence electrons. The number of allylic oxidation sites excluding steroid dienone is 1. The molecule has 0 aromatic heterocycles. The second kappa shape index (κ2) is 3.77. The third-order valence-corrected chi connectivity index (χ3v) is 1.90. The van der Waals surface area contributed by atoms with E-state index in [4.69, 9.17) is 11.0 Å². The first-order valence-electron chi connectivity index (χ1n) is 4.12. The van der Waals surface area contributed by atoms with Gasteiger partial charge in [0, 0.05) is 5.69 Å². The molecule has 0 radical (unpaired) electrons. The van der Waals surface area contributed by atoms with E-state index < -0.39 is 0 Å². The van der Waals surface area contributed by atoms with Gasteiger partial charge in [-0.2, -0.15) is 5.26 Å². The van der Waals surface area contributed by atoms with Crippen molar-refractivity contribution < 1.29 is 0 Å². The van der Waals surface area contributed by atoms with E-state index in [0.717, 1.165) is 16.8 Å². The molecule has 0 saturated heterocycles. The molecule has 13 heavy (non-hydrogen) atoms. The number of nitrogens with two attached hydrogens (primary N) is 1. The van der Waals surface area contributed by atoms with Crippen molar-refractivity contribution in [1.29, 1.82) is 5.26 Å². The van der Waals surface area contributed by atoms with Crippen molar-refractivity contribution in [2.24, 2.45) is 0 Å². The van der Waals surface area contributed by atoms with E-state index in [1.807, 2.05) is 38.1 Å². The van der Waals surface area contributed by atoms with Crippen LogP contribution in [0.15, 0.2) is 18.2 Å². The molecule has 1 aromatic carbocycles. The number of nitrogens with zero attached hydrogens (tertiary/aromatic N) is 1. The van der Waals surface area contributed by atoms with Gasteiger partial charge in [0.1, 0.15) is 0 Å². The highest BCUT2D eigenvalue weighted by atomic mass is 14.6. The molecule has 0 heterocycles. The Kier molecular flexibility index (Phi) is 2.71. The lowest BCUT2D eigenvalue weighted by atomic mass is 10.0. The van der Waals surface area contributed by atoms with Crippen LogP contribution in [0, 0.1) is 18.3 Å². The van der Waals surface area contributed by atoms with Crippen molar-refractivity contribution in [2.75, 3.05) is 5.73 Å². The van der Waals surface area contributed by atoms with E-state index in [1.54, 1.807) is 0 Å². The number of anilines is 1. The van der Waals surface area contributed by atoms with Gasteiger partial charge in [0.25, 0.3) is 0 Å². The summed E-state index contributed by atoms with van der Waals surface area (Å²) < 4.78 is 0. The number of aryl methyl sites for hydroxylation is 1. The topological polar surface area (TPSA) is 49.8 Å². The smallest absolute Gasteiger partial charge is 0.0994 e. The minimum atomic E-state index is 0.683. The maximum Gasteiger partial charge on any atom is 0.0994 e. The van der Waals surface area contributed by atoms with E-state index in [1.165, 1.54) is 0 Å². The summed E-state index contributed by atoms with van der Waals surface area (Å²) in [6.07, 6.45) is 3.80. The molecule has 0 fully saturated rings. The molecule has 0 bridgehead atoms. The third kappa shape index (κ3) is 1.88. The van der Waals surface area contributed by atoms with Gasteiger partial charge in [-0.15, -0.1) is 0 Å². The molecule has 1 rings (SSSR count). The molecule has 0 aliphatic carbocycles. The summed E-state index contributed by atoms with van der Waals surface area (Å²) in [5.41, 5.74) is 9.00. The normalized spacial score (nSPS) is 10.2. The Labute approximate surface area is 78.3 Å². The zero-order valence-corrected chi connectivity index (χ0v) is 7.83. The number of nitrogen functional groups attached to an aromatic ring is 1. The van der Waals surface area contributed by atoms with Crippen LogP contribution in [0.1, 0.15) is 23.6 Å². The van der Waals surface area contributed by atoms with Crippen LogP contribution in [0.25, 0.3) is 6.08 Å². The average molecular weight is 172 g/mol. The quantitative estimate of drug-likeness (QED) is 0.661. The van der Waals surface area contributed by atoms with E-state index in [2.05, 4.69) is 6.07 Å². The molecule has 0 aliphatic heterocycles. The molecule has 0 amide bonds. The van der Waals surface area contributed by atoms with E-state index in [9.17, 15) is 0 Å². The van der Waals surface area contributed by atoms with Crippen LogP contribution >= 0.6 is 0 Å². The number of benzene rings is 1. The third-order valence-electron chi connectivity index (χ3n) is 1.90. The second-order valence-corrected chi connectivity index (χ2v) is 2.91. The first-order chi connectivity index (χ1) is 6.19. The van der Waals surface area contributed by atoms with E-state index in [0.29, 0.717) is 5.56 Å². The number of hydrogen-bond donors (Lipinski definition) is 1. The zero-order valence-electron chi connectivity index (χ0n) is 7.83. The van der Waals surface area contributed by atoms with Crippen LogP contribution in [0.2, 0.25) is 0 Å². The van der Waals surface area contributed by atoms with Gasteiger partial charge in [-0.25, -0.2) is 0 Å². The van der Waals surface area contributed by atoms with Crippen LogP contribution in [0.3, 0.4) is 0 Å². The highest BCUT2D eigenvalue weighted by molar-refractivity contribution is 5.67. The monoisotopic (exact) mass is 172 g/mol. The fraction of sp³-hybridized carbons (Fsp3) is 0.182. The van der Waals surface area contributed by atoms with E-state index >= 15 is 0 Å². The van der Waals surface area contributed by atoms with Crippen molar-refractivity contribution in [2.45, 2.75) is 13.8 Å². The van der Waals surface area contributed by atoms with Crippen molar-refractivity contribution in [3.63, 3.8) is 0 Å². The Bertz CT molecular complexity index is 384. The first kappa shape index (κ1) is 9.34. The molecule has 2 heteroatoms. The Morgan fingerprint density at radius 2 is 2.15 bits per heavy atom. The summed E-state index contributed by atoms with van der Waals surface area (Å²) in [4.78, 5) is 0. The largest absolute Gasteiger partial charge is 0.398 e. The van der Waals surface area contributed by atoms with Crippen molar-refractivity contribution >= 4 is 11.8 Å². The Morgan fingerprint density at radius 3 is 2.69 bits per heavy atom. The van der Waals surface area contributed by atoms with Crippen molar-refractivity contribution in [3.05, 3.63) is 34.9 Å². The highest BCUT2D eigenvalue weighted by Gasteiger charge is 2.01. The second-order valence-electron chi connectivity index (χ2n) is 2.91. The van der Waals surface area contributed by atoms with Gasteiger partial charge in [0.15, 0.2) is 0 Å². The fourth-order valence-corrected chi connectivity index (χ4v) is 1.19. The average Bonchev–Trinajstić information content (AvgIpc) is 2.10. The summed E-state index contributed by atoms with van der Waals surface area (Å²) in [5.74, 6) is 0. The molecule has 0 aliphatic rings. The summed E-state index contributed by atoms with van der Waals surface area (Å²) in [6.45, 7) is 3.81. The van der Waals surface area contributed by atoms with Crippen LogP contribution in [-0.2, 0) is 0 Å². The molecule has 0 atom stereocenters. The number of rotatable bonds is 1. The van der Waals surface area contributed by atoms with Gasteiger partial charge in [-0.3, -0.25) is 0 Å². The number of hydrogen-bond acceptors (Lipinski definition) is 2. The molecular formula is C11H12N2. The molecule has 0 spiro atoms. The Hall–Kier alpha value is -1.75. The van der Waals surface area contributed by atoms with Crippen LogP contribution in [0.5, 0.6) is 0 Å². The number of nitriles is 1. The summed E-state index contributed by atoms with van der Waals surface area (Å²) in [6, 6.07) is 5.77. The summed E-state index contributed by atoms with van der Waals surface area (Å²) in [7, 11) is 0. The molecule has 2 N–H and O–H groups in total. The maximum atomic E-state index is 8.79. The van der Waals surface area contributed by atoms with Crippen LogP contribution in [0.4, 0.5) is 5.69 Å². The van der Waals surface area contributed by atoms with Crippen molar-refractivity contribution in [1.82, 2.24) is 0 Å². The van der Waals surface area contributed by atoms with Crippen molar-refractivity contribution in [3.8, 4) is 6.07 Å². The molecule has 0 unspecified atom stereocenters.